The smallest absolute Gasteiger partial charge is 0.463 e. The number of rotatable bonds is 18. The van der Waals surface area contributed by atoms with Crippen molar-refractivity contribution in [3.8, 4) is 6.07 Å². The number of ether oxygens (including phenoxy) is 6. The lowest BCUT2D eigenvalue weighted by atomic mass is 9.89. The van der Waals surface area contributed by atoms with E-state index in [0.717, 1.165) is 18.2 Å². The average Bonchev–Trinajstić information content (AvgIpc) is 3.66. The maximum atomic E-state index is 15.6. The Bertz CT molecular complexity index is 1970. The molecule has 1 saturated heterocycles. The molecule has 2 N–H and O–H groups in total. The third kappa shape index (κ3) is 13.6. The fraction of sp³-hybridized carbons (Fsp3) is 0.353. The second kappa shape index (κ2) is 20.7. The normalized spacial score (nSPS) is 17.5. The van der Waals surface area contributed by atoms with Gasteiger partial charge in [0.25, 0.3) is 0 Å². The third-order valence-corrected chi connectivity index (χ3v) is 9.47. The zero-order valence-electron chi connectivity index (χ0n) is 29.3. The first-order valence-electron chi connectivity index (χ1n) is 16.3. The number of allylic oxidation sites excluding steroid dienone is 2. The molecule has 17 nitrogen and oxygen atoms in total. The maximum absolute atomic E-state index is 15.6. The summed E-state index contributed by atoms with van der Waals surface area (Å²) in [5, 5.41) is 11.7. The van der Waals surface area contributed by atoms with Crippen LogP contribution in [-0.4, -0.2) is 92.7 Å². The Balaban J connectivity index is 1.40. The van der Waals surface area contributed by atoms with Crippen LogP contribution in [0.4, 0.5) is 18.0 Å². The van der Waals surface area contributed by atoms with Crippen molar-refractivity contribution in [3.63, 3.8) is 0 Å². The quantitative estimate of drug-likeness (QED) is 0.0599. The van der Waals surface area contributed by atoms with Crippen LogP contribution in [0.3, 0.4) is 0 Å². The Kier molecular flexibility index (Phi) is 16.2. The van der Waals surface area contributed by atoms with Crippen LogP contribution in [0, 0.1) is 28.8 Å². The van der Waals surface area contributed by atoms with E-state index in [4.69, 9.17) is 38.7 Å². The summed E-state index contributed by atoms with van der Waals surface area (Å²) < 4.78 is 91.5. The summed E-state index contributed by atoms with van der Waals surface area (Å²) in [7, 11) is -4.91. The fourth-order valence-corrected chi connectivity index (χ4v) is 6.58. The molecule has 22 heteroatoms. The highest BCUT2D eigenvalue weighted by molar-refractivity contribution is 8.00. The van der Waals surface area contributed by atoms with Crippen LogP contribution in [0.15, 0.2) is 67.3 Å². The van der Waals surface area contributed by atoms with Crippen LogP contribution in [0.2, 0.25) is 0 Å². The Morgan fingerprint density at radius 2 is 1.86 bits per heavy atom. The van der Waals surface area contributed by atoms with E-state index < -0.39 is 92.2 Å². The highest BCUT2D eigenvalue weighted by Crippen LogP contribution is 2.42. The third-order valence-electron chi connectivity index (χ3n) is 7.56. The number of nitriles is 1. The van der Waals surface area contributed by atoms with Crippen LogP contribution in [0.1, 0.15) is 30.0 Å². The summed E-state index contributed by atoms with van der Waals surface area (Å²) in [4.78, 5) is 57.8. The van der Waals surface area contributed by atoms with Crippen molar-refractivity contribution in [2.45, 2.75) is 42.3 Å². The first-order chi connectivity index (χ1) is 26.7. The van der Waals surface area contributed by atoms with Crippen LogP contribution in [0.25, 0.3) is 6.08 Å². The SMILES string of the molecule is CC(SC1COC(C=CC=Cc2ccc(C#N)cc2F)OC1)C(Cn1cncn1)(OC(=O)OCOC(=O)CCOC(=O)COP(=O)(O)O)c1ccc(F)cc1F. The van der Waals surface area contributed by atoms with Crippen molar-refractivity contribution in [1.29, 1.82) is 5.26 Å². The van der Waals surface area contributed by atoms with E-state index in [-0.39, 0.29) is 36.4 Å². The minimum Gasteiger partial charge on any atom is -0.463 e. The van der Waals surface area contributed by atoms with Gasteiger partial charge in [-0.2, -0.15) is 10.4 Å². The lowest BCUT2D eigenvalue weighted by molar-refractivity contribution is -0.158. The van der Waals surface area contributed by atoms with Gasteiger partial charge in [0.2, 0.25) is 6.79 Å². The molecular weight excluding hydrogens is 792 g/mol. The van der Waals surface area contributed by atoms with E-state index in [1.807, 2.05) is 6.07 Å². The van der Waals surface area contributed by atoms with E-state index in [1.54, 1.807) is 25.2 Å². The highest BCUT2D eigenvalue weighted by atomic mass is 32.2. The number of aromatic nitrogens is 3. The van der Waals surface area contributed by atoms with Gasteiger partial charge in [-0.05, 0) is 37.3 Å². The molecule has 1 fully saturated rings. The summed E-state index contributed by atoms with van der Waals surface area (Å²) in [5.41, 5.74) is -1.75. The molecule has 2 unspecified atom stereocenters. The van der Waals surface area contributed by atoms with E-state index in [9.17, 15) is 27.7 Å². The Morgan fingerprint density at radius 1 is 1.09 bits per heavy atom. The predicted molar refractivity (Wildman–Crippen MR) is 186 cm³/mol. The van der Waals surface area contributed by atoms with Crippen molar-refractivity contribution in [3.05, 3.63) is 101 Å². The molecule has 56 heavy (non-hydrogen) atoms. The van der Waals surface area contributed by atoms with E-state index in [1.165, 1.54) is 47.3 Å². The number of esters is 2. The van der Waals surface area contributed by atoms with Gasteiger partial charge in [-0.3, -0.25) is 9.32 Å². The standard InChI is InChI=1S/C34H34F3N4O13PS/c1-22(56-26-15-49-32(50-16-26)5-3-2-4-24-7-6-23(14-38)12-28(24)36)34(18-41-20-39-19-40-41,27-9-8-25(35)13-29(27)37)54-33(44)52-21-51-30(42)10-11-48-31(43)17-53-55(45,46)47/h2-9,12-13,19-20,22,26,32H,10-11,15-18,21H2,1H3,(H2,45,46,47). The molecule has 300 valence electrons. The summed E-state index contributed by atoms with van der Waals surface area (Å²) in [6.45, 7) is -1.11. The number of hydrogen-bond donors (Lipinski definition) is 2. The van der Waals surface area contributed by atoms with Crippen LogP contribution in [0.5, 0.6) is 0 Å². The van der Waals surface area contributed by atoms with Crippen LogP contribution >= 0.6 is 19.6 Å². The number of hydrogen-bond acceptors (Lipinski definition) is 15. The van der Waals surface area contributed by atoms with Gasteiger partial charge in [-0.15, -0.1) is 11.8 Å². The van der Waals surface area contributed by atoms with Crippen molar-refractivity contribution < 1.29 is 74.9 Å². The summed E-state index contributed by atoms with van der Waals surface area (Å²) in [6.07, 6.45) is 6.00. The van der Waals surface area contributed by atoms with Gasteiger partial charge >= 0.3 is 25.9 Å². The molecule has 2 heterocycles. The molecule has 1 aromatic heterocycles. The zero-order valence-corrected chi connectivity index (χ0v) is 31.0. The second-order valence-electron chi connectivity index (χ2n) is 11.5. The van der Waals surface area contributed by atoms with Gasteiger partial charge in [-0.1, -0.05) is 24.3 Å². The predicted octanol–water partition coefficient (Wildman–Crippen LogP) is 4.29. The molecule has 0 bridgehead atoms. The van der Waals surface area contributed by atoms with Gasteiger partial charge in [0.15, 0.2) is 18.5 Å². The lowest BCUT2D eigenvalue weighted by Gasteiger charge is -2.40. The van der Waals surface area contributed by atoms with Crippen molar-refractivity contribution in [2.75, 3.05) is 33.2 Å². The fourth-order valence-electron chi connectivity index (χ4n) is 4.95. The van der Waals surface area contributed by atoms with Crippen LogP contribution in [-0.2, 0) is 59.2 Å². The molecule has 0 saturated carbocycles. The van der Waals surface area contributed by atoms with E-state index in [0.29, 0.717) is 6.07 Å². The van der Waals surface area contributed by atoms with E-state index >= 15 is 4.39 Å². The van der Waals surface area contributed by atoms with Gasteiger partial charge in [-0.25, -0.2) is 37.0 Å². The number of nitrogens with zero attached hydrogens (tertiary/aromatic N) is 4. The Morgan fingerprint density at radius 3 is 2.52 bits per heavy atom. The van der Waals surface area contributed by atoms with E-state index in [2.05, 4.69) is 19.3 Å². The van der Waals surface area contributed by atoms with Gasteiger partial charge in [0, 0.05) is 22.4 Å². The molecule has 0 spiro atoms. The summed E-state index contributed by atoms with van der Waals surface area (Å²) >= 11 is 1.19. The van der Waals surface area contributed by atoms with Crippen LogP contribution < -0.4 is 0 Å². The topological polar surface area (TPSA) is 228 Å². The first kappa shape index (κ1) is 43.7. The molecule has 0 radical (unpaired) electrons. The Labute approximate surface area is 321 Å². The molecule has 0 amide bonds. The van der Waals surface area contributed by atoms with Gasteiger partial charge in [0.05, 0.1) is 43.1 Å². The molecule has 2 aromatic carbocycles. The molecule has 1 aliphatic rings. The average molecular weight is 827 g/mol. The van der Waals surface area contributed by atoms with Gasteiger partial charge < -0.3 is 38.2 Å². The molecule has 3 aromatic rings. The number of phosphoric ester groups is 1. The molecule has 4 rings (SSSR count). The molecule has 1 aliphatic heterocycles. The Hall–Kier alpha value is -5.07. The maximum Gasteiger partial charge on any atom is 0.512 e. The summed E-state index contributed by atoms with van der Waals surface area (Å²) in [6, 6.07) is 8.64. The zero-order chi connectivity index (χ0) is 40.7. The largest absolute Gasteiger partial charge is 0.512 e. The van der Waals surface area contributed by atoms with Crippen molar-refractivity contribution in [2.24, 2.45) is 0 Å². The summed E-state index contributed by atoms with van der Waals surface area (Å²) in [5.74, 6) is -4.70. The highest BCUT2D eigenvalue weighted by Gasteiger charge is 2.47. The number of phosphoric acid groups is 1. The monoisotopic (exact) mass is 826 g/mol. The van der Waals surface area contributed by atoms with Crippen molar-refractivity contribution in [1.82, 2.24) is 14.8 Å². The minimum atomic E-state index is -4.91. The minimum absolute atomic E-state index is 0.121. The number of carbonyl (C=O) groups is 3. The first-order valence-corrected chi connectivity index (χ1v) is 18.7. The lowest BCUT2D eigenvalue weighted by Crippen LogP contribution is -2.47. The second-order valence-corrected chi connectivity index (χ2v) is 14.4. The molecular formula is C34H34F3N4O13PS. The molecule has 0 aliphatic carbocycles. The number of benzene rings is 2. The number of halogens is 3. The van der Waals surface area contributed by atoms with Gasteiger partial charge in [0.1, 0.15) is 36.7 Å². The van der Waals surface area contributed by atoms with Crippen molar-refractivity contribution >= 4 is 43.8 Å². The number of thioether (sulfide) groups is 1. The number of carbonyl (C=O) groups excluding carboxylic acids is 3. The molecule has 2 atom stereocenters.